The lowest BCUT2D eigenvalue weighted by Gasteiger charge is -2.14. The van der Waals surface area contributed by atoms with Crippen LogP contribution in [0.1, 0.15) is 23.1 Å². The van der Waals surface area contributed by atoms with Gasteiger partial charge in [0.15, 0.2) is 6.73 Å². The first-order valence-corrected chi connectivity index (χ1v) is 6.14. The predicted octanol–water partition coefficient (Wildman–Crippen LogP) is 2.16. The van der Waals surface area contributed by atoms with Gasteiger partial charge in [0.25, 0.3) is 0 Å². The summed E-state index contributed by atoms with van der Waals surface area (Å²) in [6.07, 6.45) is 0.296. The summed E-state index contributed by atoms with van der Waals surface area (Å²) in [4.78, 5) is 11.3. The van der Waals surface area contributed by atoms with Gasteiger partial charge in [-0.3, -0.25) is 0 Å². The van der Waals surface area contributed by atoms with E-state index >= 15 is 0 Å². The van der Waals surface area contributed by atoms with Crippen LogP contribution in [0.15, 0.2) is 12.1 Å². The van der Waals surface area contributed by atoms with Crippen LogP contribution in [0.4, 0.5) is 4.79 Å². The molecule has 0 aromatic heterocycles. The molecule has 0 saturated carbocycles. The Labute approximate surface area is 113 Å². The number of amides is 2. The molecule has 1 aromatic carbocycles. The Morgan fingerprint density at radius 3 is 2.63 bits per heavy atom. The van der Waals surface area contributed by atoms with Crippen molar-refractivity contribution in [3.63, 3.8) is 0 Å². The summed E-state index contributed by atoms with van der Waals surface area (Å²) in [5, 5.41) is 13.5. The maximum Gasteiger partial charge on any atom is 0.317 e. The van der Waals surface area contributed by atoms with Gasteiger partial charge in [-0.15, -0.1) is 0 Å². The maximum absolute atomic E-state index is 11.3. The Balaban J connectivity index is 2.44. The number of nitrogens with zero attached hydrogens (tertiary/aromatic N) is 1. The van der Waals surface area contributed by atoms with Crippen LogP contribution in [0, 0.1) is 32.1 Å². The highest BCUT2D eigenvalue weighted by molar-refractivity contribution is 5.73. The number of ether oxygens (including phenoxy) is 1. The molecule has 1 aromatic rings. The van der Waals surface area contributed by atoms with Crippen molar-refractivity contribution in [1.82, 2.24) is 10.6 Å². The highest BCUT2D eigenvalue weighted by Gasteiger charge is 2.06. The van der Waals surface area contributed by atoms with E-state index in [1.165, 1.54) is 0 Å². The Morgan fingerprint density at radius 1 is 1.26 bits per heavy atom. The zero-order valence-corrected chi connectivity index (χ0v) is 11.5. The molecule has 1 rings (SSSR count). The molecule has 0 atom stereocenters. The number of carbonyl (C=O) groups is 1. The standard InChI is InChI=1S/C14H19N3O2/c1-10-5-6-11(2)13(12(10)3)19-9-17-14(18)16-8-4-7-15/h5-6H,4,8-9H2,1-3H3,(H2,16,17,18). The molecule has 0 saturated heterocycles. The quantitative estimate of drug-likeness (QED) is 0.630. The third-order valence-corrected chi connectivity index (χ3v) is 2.85. The molecule has 5 nitrogen and oxygen atoms in total. The van der Waals surface area contributed by atoms with Crippen molar-refractivity contribution in [2.75, 3.05) is 13.3 Å². The average molecular weight is 261 g/mol. The molecule has 0 bridgehead atoms. The number of rotatable bonds is 5. The number of hydrogen-bond acceptors (Lipinski definition) is 3. The SMILES string of the molecule is Cc1ccc(C)c(OCNC(=O)NCCC#N)c1C. The first-order valence-electron chi connectivity index (χ1n) is 6.14. The molecule has 0 fully saturated rings. The van der Waals surface area contributed by atoms with Crippen LogP contribution < -0.4 is 15.4 Å². The normalized spacial score (nSPS) is 9.58. The van der Waals surface area contributed by atoms with E-state index in [4.69, 9.17) is 10.00 Å². The van der Waals surface area contributed by atoms with Gasteiger partial charge in [0.2, 0.25) is 0 Å². The van der Waals surface area contributed by atoms with Crippen molar-refractivity contribution < 1.29 is 9.53 Å². The third kappa shape index (κ3) is 4.51. The van der Waals surface area contributed by atoms with Crippen LogP contribution >= 0.6 is 0 Å². The lowest BCUT2D eigenvalue weighted by molar-refractivity contribution is 0.223. The molecular formula is C14H19N3O2. The molecule has 0 aliphatic carbocycles. The molecule has 0 heterocycles. The van der Waals surface area contributed by atoms with E-state index in [2.05, 4.69) is 10.6 Å². The van der Waals surface area contributed by atoms with Crippen molar-refractivity contribution in [1.29, 1.82) is 5.26 Å². The van der Waals surface area contributed by atoms with Crippen LogP contribution in [0.2, 0.25) is 0 Å². The van der Waals surface area contributed by atoms with E-state index in [-0.39, 0.29) is 12.8 Å². The second kappa shape index (κ2) is 7.27. The lowest BCUT2D eigenvalue weighted by Crippen LogP contribution is -2.38. The molecule has 102 valence electrons. The highest BCUT2D eigenvalue weighted by Crippen LogP contribution is 2.25. The summed E-state index contributed by atoms with van der Waals surface area (Å²) in [5.74, 6) is 0.803. The summed E-state index contributed by atoms with van der Waals surface area (Å²) in [7, 11) is 0. The molecular weight excluding hydrogens is 242 g/mol. The van der Waals surface area contributed by atoms with Gasteiger partial charge in [0.05, 0.1) is 12.5 Å². The predicted molar refractivity (Wildman–Crippen MR) is 72.9 cm³/mol. The summed E-state index contributed by atoms with van der Waals surface area (Å²) in [6, 6.07) is 5.65. The number of aryl methyl sites for hydroxylation is 2. The summed E-state index contributed by atoms with van der Waals surface area (Å²) in [6.45, 7) is 6.41. The fourth-order valence-corrected chi connectivity index (χ4v) is 1.62. The van der Waals surface area contributed by atoms with E-state index in [1.807, 2.05) is 39.0 Å². The van der Waals surface area contributed by atoms with Gasteiger partial charge in [-0.1, -0.05) is 12.1 Å². The van der Waals surface area contributed by atoms with Crippen LogP contribution in [-0.4, -0.2) is 19.3 Å². The molecule has 5 heteroatoms. The van der Waals surface area contributed by atoms with Crippen molar-refractivity contribution in [2.45, 2.75) is 27.2 Å². The van der Waals surface area contributed by atoms with Gasteiger partial charge in [-0.05, 0) is 37.5 Å². The van der Waals surface area contributed by atoms with Gasteiger partial charge in [-0.2, -0.15) is 5.26 Å². The van der Waals surface area contributed by atoms with Crippen molar-refractivity contribution >= 4 is 6.03 Å². The first-order chi connectivity index (χ1) is 9.06. The summed E-state index contributed by atoms with van der Waals surface area (Å²) >= 11 is 0. The molecule has 0 aliphatic rings. The van der Waals surface area contributed by atoms with E-state index in [1.54, 1.807) is 0 Å². The van der Waals surface area contributed by atoms with Gasteiger partial charge in [0.1, 0.15) is 5.75 Å². The Bertz CT molecular complexity index is 492. The van der Waals surface area contributed by atoms with E-state index in [9.17, 15) is 4.79 Å². The smallest absolute Gasteiger partial charge is 0.317 e. The fourth-order valence-electron chi connectivity index (χ4n) is 1.62. The number of urea groups is 1. The molecule has 0 spiro atoms. The van der Waals surface area contributed by atoms with Crippen molar-refractivity contribution in [3.8, 4) is 11.8 Å². The Morgan fingerprint density at radius 2 is 1.95 bits per heavy atom. The second-order valence-electron chi connectivity index (χ2n) is 4.28. The minimum absolute atomic E-state index is 0.101. The fraction of sp³-hybridized carbons (Fsp3) is 0.429. The van der Waals surface area contributed by atoms with Gasteiger partial charge >= 0.3 is 6.03 Å². The number of nitrogens with one attached hydrogen (secondary N) is 2. The zero-order chi connectivity index (χ0) is 14.3. The van der Waals surface area contributed by atoms with Crippen molar-refractivity contribution in [3.05, 3.63) is 28.8 Å². The van der Waals surface area contributed by atoms with Crippen LogP contribution in [0.5, 0.6) is 5.75 Å². The van der Waals surface area contributed by atoms with E-state index in [0.29, 0.717) is 13.0 Å². The van der Waals surface area contributed by atoms with Gasteiger partial charge < -0.3 is 15.4 Å². The molecule has 0 unspecified atom stereocenters. The number of nitriles is 1. The maximum atomic E-state index is 11.3. The molecule has 0 radical (unpaired) electrons. The molecule has 0 aliphatic heterocycles. The minimum atomic E-state index is -0.335. The third-order valence-electron chi connectivity index (χ3n) is 2.85. The average Bonchev–Trinajstić information content (AvgIpc) is 2.38. The Hall–Kier alpha value is -2.22. The number of carbonyl (C=O) groups excluding carboxylic acids is 1. The van der Waals surface area contributed by atoms with E-state index < -0.39 is 0 Å². The van der Waals surface area contributed by atoms with Crippen LogP contribution in [0.3, 0.4) is 0 Å². The van der Waals surface area contributed by atoms with Gasteiger partial charge in [0, 0.05) is 6.54 Å². The van der Waals surface area contributed by atoms with E-state index in [0.717, 1.165) is 22.4 Å². The van der Waals surface area contributed by atoms with Gasteiger partial charge in [-0.25, -0.2) is 4.79 Å². The largest absolute Gasteiger partial charge is 0.473 e. The summed E-state index contributed by atoms with van der Waals surface area (Å²) in [5.41, 5.74) is 3.26. The second-order valence-corrected chi connectivity index (χ2v) is 4.28. The van der Waals surface area contributed by atoms with Crippen LogP contribution in [-0.2, 0) is 0 Å². The van der Waals surface area contributed by atoms with Crippen molar-refractivity contribution in [2.24, 2.45) is 0 Å². The monoisotopic (exact) mass is 261 g/mol. The first kappa shape index (κ1) is 14.8. The highest BCUT2D eigenvalue weighted by atomic mass is 16.5. The molecule has 2 amide bonds. The molecule has 19 heavy (non-hydrogen) atoms. The minimum Gasteiger partial charge on any atom is -0.473 e. The molecule has 2 N–H and O–H groups in total. The van der Waals surface area contributed by atoms with Crippen LogP contribution in [0.25, 0.3) is 0 Å². The Kier molecular flexibility index (Phi) is 5.68. The number of hydrogen-bond donors (Lipinski definition) is 2. The lowest BCUT2D eigenvalue weighted by atomic mass is 10.1. The number of benzene rings is 1. The summed E-state index contributed by atoms with van der Waals surface area (Å²) < 4.78 is 5.59. The topological polar surface area (TPSA) is 74.2 Å². The zero-order valence-electron chi connectivity index (χ0n) is 11.5.